The number of ether oxygens (including phenoxy) is 2. The summed E-state index contributed by atoms with van der Waals surface area (Å²) < 4.78 is 12.8. The normalized spacial score (nSPS) is 33.6. The molecule has 1 aromatic carbocycles. The number of benzene rings is 1. The average Bonchev–Trinajstić information content (AvgIpc) is 2.54. The van der Waals surface area contributed by atoms with Crippen LogP contribution in [0.3, 0.4) is 0 Å². The molecule has 0 amide bonds. The lowest BCUT2D eigenvalue weighted by atomic mass is 9.72. The highest BCUT2D eigenvalue weighted by molar-refractivity contribution is 6.30. The van der Waals surface area contributed by atoms with Crippen LogP contribution in [0, 0.1) is 5.92 Å². The van der Waals surface area contributed by atoms with Crippen molar-refractivity contribution in [2.24, 2.45) is 5.92 Å². The maximum atomic E-state index is 11.2. The fourth-order valence-corrected chi connectivity index (χ4v) is 4.90. The van der Waals surface area contributed by atoms with Gasteiger partial charge in [0.05, 0.1) is 18.8 Å². The van der Waals surface area contributed by atoms with Gasteiger partial charge in [-0.15, -0.1) is 0 Å². The molecule has 3 aliphatic rings. The molecule has 0 saturated carbocycles. The van der Waals surface area contributed by atoms with E-state index in [2.05, 4.69) is 18.7 Å². The van der Waals surface area contributed by atoms with Crippen LogP contribution in [0.15, 0.2) is 18.2 Å². The van der Waals surface area contributed by atoms with Gasteiger partial charge in [0.15, 0.2) is 0 Å². The summed E-state index contributed by atoms with van der Waals surface area (Å²) in [5.41, 5.74) is 0.647. The number of nitrogens with zero attached hydrogens (tertiary/aromatic N) is 1. The van der Waals surface area contributed by atoms with Gasteiger partial charge in [-0.1, -0.05) is 11.6 Å². The van der Waals surface area contributed by atoms with E-state index in [9.17, 15) is 9.90 Å². The third kappa shape index (κ3) is 3.03. The first-order chi connectivity index (χ1) is 11.8. The van der Waals surface area contributed by atoms with Crippen molar-refractivity contribution in [1.82, 2.24) is 4.90 Å². The summed E-state index contributed by atoms with van der Waals surface area (Å²) in [7, 11) is 0. The molecule has 136 valence electrons. The first-order valence-electron chi connectivity index (χ1n) is 8.95. The van der Waals surface area contributed by atoms with Crippen molar-refractivity contribution >= 4 is 17.6 Å². The molecule has 0 spiro atoms. The minimum absolute atomic E-state index is 0.0523. The molecular formula is C19H24ClNO4. The van der Waals surface area contributed by atoms with Crippen LogP contribution in [-0.2, 0) is 9.53 Å². The van der Waals surface area contributed by atoms with E-state index in [1.54, 1.807) is 0 Å². The van der Waals surface area contributed by atoms with Crippen molar-refractivity contribution in [3.8, 4) is 5.75 Å². The van der Waals surface area contributed by atoms with Crippen molar-refractivity contribution in [3.05, 3.63) is 28.8 Å². The Morgan fingerprint density at radius 2 is 2.24 bits per heavy atom. The van der Waals surface area contributed by atoms with Crippen LogP contribution in [0.25, 0.3) is 0 Å². The van der Waals surface area contributed by atoms with E-state index >= 15 is 0 Å². The standard InChI is InChI=1S/C19H24ClNO4/c1-19(2)13-9-14-16(4-3-7-21(14)10-17(22)23)24-18(13)12-8-11(20)5-6-15(12)25-19/h5-6,8,13-14,16,18H,3-4,7,9-10H2,1-2H3,(H,22,23)/t13-,14-,16-,18+/m0/s1. The lowest BCUT2D eigenvalue weighted by Gasteiger charge is -2.54. The van der Waals surface area contributed by atoms with E-state index in [0.717, 1.165) is 37.1 Å². The zero-order valence-corrected chi connectivity index (χ0v) is 15.3. The Kier molecular flexibility index (Phi) is 4.21. The molecule has 3 heterocycles. The highest BCUT2D eigenvalue weighted by Gasteiger charge is 2.52. The smallest absolute Gasteiger partial charge is 0.317 e. The molecule has 1 aromatic rings. The van der Waals surface area contributed by atoms with E-state index in [4.69, 9.17) is 21.1 Å². The monoisotopic (exact) mass is 365 g/mol. The molecule has 0 unspecified atom stereocenters. The van der Waals surface area contributed by atoms with E-state index in [0.29, 0.717) is 5.02 Å². The predicted octanol–water partition coefficient (Wildman–Crippen LogP) is 3.51. The molecule has 0 radical (unpaired) electrons. The summed E-state index contributed by atoms with van der Waals surface area (Å²) >= 11 is 6.21. The van der Waals surface area contributed by atoms with Gasteiger partial charge in [-0.25, -0.2) is 0 Å². The highest BCUT2D eigenvalue weighted by atomic mass is 35.5. The second-order valence-electron chi connectivity index (χ2n) is 7.90. The van der Waals surface area contributed by atoms with Gasteiger partial charge in [0.2, 0.25) is 0 Å². The molecule has 1 N–H and O–H groups in total. The highest BCUT2D eigenvalue weighted by Crippen LogP contribution is 2.52. The van der Waals surface area contributed by atoms with Gasteiger partial charge < -0.3 is 14.6 Å². The van der Waals surface area contributed by atoms with Gasteiger partial charge >= 0.3 is 5.97 Å². The summed E-state index contributed by atoms with van der Waals surface area (Å²) in [5.74, 6) is 0.223. The largest absolute Gasteiger partial charge is 0.487 e. The molecular weight excluding hydrogens is 342 g/mol. The van der Waals surface area contributed by atoms with Crippen LogP contribution >= 0.6 is 11.6 Å². The second-order valence-corrected chi connectivity index (χ2v) is 8.34. The lowest BCUT2D eigenvalue weighted by molar-refractivity contribution is -0.190. The van der Waals surface area contributed by atoms with Crippen molar-refractivity contribution < 1.29 is 19.4 Å². The van der Waals surface area contributed by atoms with Gasteiger partial charge in [0, 0.05) is 22.5 Å². The average molecular weight is 366 g/mol. The number of likely N-dealkylation sites (tertiary alicyclic amines) is 1. The molecule has 4 rings (SSSR count). The van der Waals surface area contributed by atoms with Crippen LogP contribution in [0.1, 0.15) is 44.8 Å². The zero-order valence-electron chi connectivity index (χ0n) is 14.6. The second kappa shape index (κ2) is 6.15. The number of carboxylic acid groups (broad SMARTS) is 1. The summed E-state index contributed by atoms with van der Waals surface area (Å²) in [6.07, 6.45) is 2.83. The summed E-state index contributed by atoms with van der Waals surface area (Å²) in [6.45, 7) is 5.08. The number of piperidine rings is 1. The molecule has 0 aromatic heterocycles. The Balaban J connectivity index is 1.67. The van der Waals surface area contributed by atoms with Crippen molar-refractivity contribution in [2.75, 3.05) is 13.1 Å². The molecule has 25 heavy (non-hydrogen) atoms. The SMILES string of the molecule is CC1(C)Oc2ccc(Cl)cc2[C@H]2O[C@H]3CCCN(CC(=O)O)[C@H]3C[C@@H]21. The van der Waals surface area contributed by atoms with Crippen LogP contribution in [0.5, 0.6) is 5.75 Å². The molecule has 4 atom stereocenters. The number of rotatable bonds is 2. The fourth-order valence-electron chi connectivity index (χ4n) is 4.72. The third-order valence-corrected chi connectivity index (χ3v) is 6.13. The quantitative estimate of drug-likeness (QED) is 0.869. The van der Waals surface area contributed by atoms with Gasteiger partial charge in [-0.3, -0.25) is 9.69 Å². The molecule has 2 saturated heterocycles. The van der Waals surface area contributed by atoms with Crippen LogP contribution in [0.4, 0.5) is 0 Å². The van der Waals surface area contributed by atoms with Crippen LogP contribution < -0.4 is 4.74 Å². The molecule has 2 fully saturated rings. The number of hydrogen-bond acceptors (Lipinski definition) is 4. The summed E-state index contributed by atoms with van der Waals surface area (Å²) in [6, 6.07) is 5.84. The number of carboxylic acids is 1. The third-order valence-electron chi connectivity index (χ3n) is 5.90. The van der Waals surface area contributed by atoms with Crippen LogP contribution in [0.2, 0.25) is 5.02 Å². The minimum Gasteiger partial charge on any atom is -0.487 e. The number of hydrogen-bond donors (Lipinski definition) is 1. The Morgan fingerprint density at radius 3 is 3.00 bits per heavy atom. The van der Waals surface area contributed by atoms with Crippen molar-refractivity contribution in [3.63, 3.8) is 0 Å². The van der Waals surface area contributed by atoms with Gasteiger partial charge in [0.1, 0.15) is 11.4 Å². The molecule has 5 nitrogen and oxygen atoms in total. The Hall–Kier alpha value is -1.30. The predicted molar refractivity (Wildman–Crippen MR) is 94.1 cm³/mol. The Morgan fingerprint density at radius 1 is 1.44 bits per heavy atom. The number of halogens is 1. The first kappa shape index (κ1) is 17.1. The minimum atomic E-state index is -0.779. The maximum Gasteiger partial charge on any atom is 0.317 e. The molecule has 6 heteroatoms. The number of fused-ring (bicyclic) bond motifs is 4. The fraction of sp³-hybridized carbons (Fsp3) is 0.632. The van der Waals surface area contributed by atoms with E-state index < -0.39 is 5.97 Å². The topological polar surface area (TPSA) is 59.0 Å². The summed E-state index contributed by atoms with van der Waals surface area (Å²) in [4.78, 5) is 13.3. The first-order valence-corrected chi connectivity index (χ1v) is 9.33. The van der Waals surface area contributed by atoms with E-state index in [1.807, 2.05) is 18.2 Å². The van der Waals surface area contributed by atoms with Gasteiger partial charge in [-0.05, 0) is 57.9 Å². The molecule has 0 bridgehead atoms. The van der Waals surface area contributed by atoms with E-state index in [1.165, 1.54) is 0 Å². The van der Waals surface area contributed by atoms with Gasteiger partial charge in [-0.2, -0.15) is 0 Å². The molecule has 0 aliphatic carbocycles. The lowest BCUT2D eigenvalue weighted by Crippen LogP contribution is -2.59. The zero-order chi connectivity index (χ0) is 17.8. The molecule has 3 aliphatic heterocycles. The maximum absolute atomic E-state index is 11.2. The number of carbonyl (C=O) groups is 1. The van der Waals surface area contributed by atoms with Gasteiger partial charge in [0.25, 0.3) is 0 Å². The van der Waals surface area contributed by atoms with Crippen molar-refractivity contribution in [1.29, 1.82) is 0 Å². The summed E-state index contributed by atoms with van der Waals surface area (Å²) in [5, 5.41) is 9.91. The Labute approximate surface area is 152 Å². The van der Waals surface area contributed by atoms with Crippen LogP contribution in [-0.4, -0.2) is 46.8 Å². The van der Waals surface area contributed by atoms with Crippen molar-refractivity contribution in [2.45, 2.75) is 57.0 Å². The number of aliphatic carboxylic acids is 1. The van der Waals surface area contributed by atoms with E-state index in [-0.39, 0.29) is 36.3 Å². The Bertz CT molecular complexity index is 692.